The van der Waals surface area contributed by atoms with Crippen molar-refractivity contribution in [3.05, 3.63) is 41.0 Å². The van der Waals surface area contributed by atoms with Crippen LogP contribution in [0.15, 0.2) is 29.8 Å². The average molecular weight is 285 g/mol. The second-order valence-electron chi connectivity index (χ2n) is 7.17. The summed E-state index contributed by atoms with van der Waals surface area (Å²) in [5, 5.41) is 9.87. The van der Waals surface area contributed by atoms with Gasteiger partial charge in [0.1, 0.15) is 5.75 Å². The van der Waals surface area contributed by atoms with E-state index in [1.165, 1.54) is 23.1 Å². The van der Waals surface area contributed by atoms with Crippen LogP contribution in [0.5, 0.6) is 5.75 Å². The maximum absolute atomic E-state index is 9.87. The number of nitrogens with zero attached hydrogens (tertiary/aromatic N) is 1. The molecule has 1 aromatic carbocycles. The molecule has 1 aliphatic carbocycles. The van der Waals surface area contributed by atoms with Gasteiger partial charge in [-0.1, -0.05) is 31.6 Å². The molecule has 1 N–H and O–H groups in total. The fourth-order valence-corrected chi connectivity index (χ4v) is 4.30. The summed E-state index contributed by atoms with van der Waals surface area (Å²) >= 11 is 0. The number of likely N-dealkylation sites (tertiary alicyclic amines) is 1. The zero-order valence-corrected chi connectivity index (χ0v) is 13.7. The van der Waals surface area contributed by atoms with Gasteiger partial charge in [0.15, 0.2) is 0 Å². The highest BCUT2D eigenvalue weighted by Crippen LogP contribution is 2.49. The quantitative estimate of drug-likeness (QED) is 0.834. The molecule has 0 amide bonds. The van der Waals surface area contributed by atoms with Crippen molar-refractivity contribution in [2.45, 2.75) is 52.0 Å². The van der Waals surface area contributed by atoms with E-state index in [-0.39, 0.29) is 5.41 Å². The highest BCUT2D eigenvalue weighted by Gasteiger charge is 2.48. The smallest absolute Gasteiger partial charge is 0.115 e. The first-order valence-corrected chi connectivity index (χ1v) is 8.14. The van der Waals surface area contributed by atoms with Gasteiger partial charge in [-0.25, -0.2) is 0 Å². The Morgan fingerprint density at radius 3 is 2.95 bits per heavy atom. The molecule has 0 saturated carbocycles. The summed E-state index contributed by atoms with van der Waals surface area (Å²) in [5.74, 6) is 1.04. The Morgan fingerprint density at radius 1 is 1.48 bits per heavy atom. The maximum Gasteiger partial charge on any atom is 0.115 e. The summed E-state index contributed by atoms with van der Waals surface area (Å²) in [6.45, 7) is 11.4. The molecule has 1 heterocycles. The van der Waals surface area contributed by atoms with E-state index in [1.54, 1.807) is 0 Å². The second-order valence-corrected chi connectivity index (χ2v) is 7.17. The molecule has 2 bridgehead atoms. The van der Waals surface area contributed by atoms with Gasteiger partial charge >= 0.3 is 0 Å². The van der Waals surface area contributed by atoms with Crippen LogP contribution in [-0.4, -0.2) is 29.1 Å². The summed E-state index contributed by atoms with van der Waals surface area (Å²) < 4.78 is 0. The summed E-state index contributed by atoms with van der Waals surface area (Å²) in [4.78, 5) is 2.66. The third-order valence-electron chi connectivity index (χ3n) is 6.05. The summed E-state index contributed by atoms with van der Waals surface area (Å²) in [7, 11) is 0. The van der Waals surface area contributed by atoms with E-state index in [2.05, 4.69) is 44.7 Å². The number of aromatic hydroxyl groups is 1. The number of phenols is 1. The minimum Gasteiger partial charge on any atom is -0.508 e. The Bertz CT molecular complexity index is 577. The minimum atomic E-state index is 0.206. The van der Waals surface area contributed by atoms with Crippen molar-refractivity contribution >= 4 is 0 Å². The summed E-state index contributed by atoms with van der Waals surface area (Å²) in [5.41, 5.74) is 4.48. The topological polar surface area (TPSA) is 23.5 Å². The fourth-order valence-electron chi connectivity index (χ4n) is 4.30. The van der Waals surface area contributed by atoms with E-state index in [0.29, 0.717) is 17.7 Å². The van der Waals surface area contributed by atoms with Gasteiger partial charge in [0, 0.05) is 12.6 Å². The lowest BCUT2D eigenvalue weighted by Gasteiger charge is -2.54. The van der Waals surface area contributed by atoms with Gasteiger partial charge in [-0.3, -0.25) is 4.90 Å². The number of hydrogen-bond acceptors (Lipinski definition) is 2. The van der Waals surface area contributed by atoms with Crippen LogP contribution in [0.1, 0.15) is 45.2 Å². The number of rotatable bonds is 2. The molecule has 2 aliphatic rings. The van der Waals surface area contributed by atoms with Crippen LogP contribution in [0, 0.1) is 5.92 Å². The van der Waals surface area contributed by atoms with Gasteiger partial charge in [0.25, 0.3) is 0 Å². The summed E-state index contributed by atoms with van der Waals surface area (Å²) in [6.07, 6.45) is 4.52. The molecular formula is C19H27NO. The van der Waals surface area contributed by atoms with Crippen molar-refractivity contribution < 1.29 is 5.11 Å². The third-order valence-corrected chi connectivity index (χ3v) is 6.05. The third kappa shape index (κ3) is 2.30. The Hall–Kier alpha value is -1.28. The Balaban J connectivity index is 1.98. The Labute approximate surface area is 128 Å². The molecule has 0 radical (unpaired) electrons. The van der Waals surface area contributed by atoms with Crippen LogP contribution in [0.25, 0.3) is 0 Å². The molecule has 1 aliphatic heterocycles. The van der Waals surface area contributed by atoms with Crippen LogP contribution in [0.3, 0.4) is 0 Å². The van der Waals surface area contributed by atoms with Crippen molar-refractivity contribution in [1.29, 1.82) is 0 Å². The first kappa shape index (κ1) is 14.6. The van der Waals surface area contributed by atoms with Crippen LogP contribution in [-0.2, 0) is 11.8 Å². The standard InChI is InChI=1S/C19H27NO/c1-5-13(2)12-20-9-8-19(4)14(3)18(20)10-15-6-7-16(21)11-17(15)19/h5-7,11,14,18,21H,8-10,12H2,1-4H3/b13-5-/t14?,18-,19+/m0/s1. The molecule has 21 heavy (non-hydrogen) atoms. The van der Waals surface area contributed by atoms with Crippen molar-refractivity contribution in [2.75, 3.05) is 13.1 Å². The van der Waals surface area contributed by atoms with Gasteiger partial charge in [0.05, 0.1) is 0 Å². The predicted octanol–water partition coefficient (Wildman–Crippen LogP) is 3.88. The van der Waals surface area contributed by atoms with E-state index >= 15 is 0 Å². The van der Waals surface area contributed by atoms with Crippen molar-refractivity contribution in [1.82, 2.24) is 4.90 Å². The lowest BCUT2D eigenvalue weighted by molar-refractivity contribution is 0.0380. The fraction of sp³-hybridized carbons (Fsp3) is 0.579. The zero-order valence-electron chi connectivity index (χ0n) is 13.7. The number of allylic oxidation sites excluding steroid dienone is 1. The normalized spacial score (nSPS) is 32.9. The van der Waals surface area contributed by atoms with Crippen LogP contribution in [0.4, 0.5) is 0 Å². The van der Waals surface area contributed by atoms with E-state index < -0.39 is 0 Å². The van der Waals surface area contributed by atoms with Gasteiger partial charge in [-0.2, -0.15) is 0 Å². The molecule has 2 nitrogen and oxygen atoms in total. The lowest BCUT2D eigenvalue weighted by atomic mass is 9.59. The number of benzene rings is 1. The second kappa shape index (κ2) is 5.17. The largest absolute Gasteiger partial charge is 0.508 e. The van der Waals surface area contributed by atoms with Gasteiger partial charge < -0.3 is 5.11 Å². The van der Waals surface area contributed by atoms with E-state index in [9.17, 15) is 5.11 Å². The molecule has 1 saturated heterocycles. The molecule has 1 unspecified atom stereocenters. The first-order valence-electron chi connectivity index (χ1n) is 8.14. The first-order chi connectivity index (χ1) is 9.95. The van der Waals surface area contributed by atoms with E-state index in [0.717, 1.165) is 19.5 Å². The molecule has 1 aromatic rings. The van der Waals surface area contributed by atoms with Crippen molar-refractivity contribution in [2.24, 2.45) is 5.92 Å². The van der Waals surface area contributed by atoms with Crippen LogP contribution in [0.2, 0.25) is 0 Å². The molecule has 114 valence electrons. The Kier molecular flexibility index (Phi) is 3.61. The van der Waals surface area contributed by atoms with Gasteiger partial charge in [-0.15, -0.1) is 0 Å². The molecule has 3 atom stereocenters. The number of hydrogen-bond donors (Lipinski definition) is 1. The van der Waals surface area contributed by atoms with Crippen LogP contribution < -0.4 is 0 Å². The molecular weight excluding hydrogens is 258 g/mol. The number of piperidine rings is 1. The highest BCUT2D eigenvalue weighted by atomic mass is 16.3. The minimum absolute atomic E-state index is 0.206. The average Bonchev–Trinajstić information content (AvgIpc) is 2.46. The molecule has 2 heteroatoms. The highest BCUT2D eigenvalue weighted by molar-refractivity contribution is 5.44. The van der Waals surface area contributed by atoms with E-state index in [1.807, 2.05) is 12.1 Å². The molecule has 1 fully saturated rings. The van der Waals surface area contributed by atoms with E-state index in [4.69, 9.17) is 0 Å². The number of phenolic OH excluding ortho intramolecular Hbond substituents is 1. The predicted molar refractivity (Wildman–Crippen MR) is 87.7 cm³/mol. The zero-order chi connectivity index (χ0) is 15.2. The molecule has 0 aromatic heterocycles. The number of fused-ring (bicyclic) bond motifs is 4. The summed E-state index contributed by atoms with van der Waals surface area (Å²) in [6, 6.07) is 6.61. The molecule has 3 rings (SSSR count). The van der Waals surface area contributed by atoms with Crippen molar-refractivity contribution in [3.8, 4) is 5.75 Å². The van der Waals surface area contributed by atoms with Crippen LogP contribution >= 0.6 is 0 Å². The van der Waals surface area contributed by atoms with Gasteiger partial charge in [0.2, 0.25) is 0 Å². The maximum atomic E-state index is 9.87. The Morgan fingerprint density at radius 2 is 2.24 bits per heavy atom. The lowest BCUT2D eigenvalue weighted by Crippen LogP contribution is -2.58. The van der Waals surface area contributed by atoms with Crippen molar-refractivity contribution in [3.63, 3.8) is 0 Å². The van der Waals surface area contributed by atoms with Gasteiger partial charge in [-0.05, 0) is 67.8 Å². The SMILES string of the molecule is C/C=C(/C)CN1CC[C@@]2(C)c3cc(O)ccc3C[C@H]1C2C. The monoisotopic (exact) mass is 285 g/mol. The molecule has 0 spiro atoms.